The van der Waals surface area contributed by atoms with E-state index in [2.05, 4.69) is 10.0 Å². The summed E-state index contributed by atoms with van der Waals surface area (Å²) in [5, 5.41) is 41.2. The second-order valence-electron chi connectivity index (χ2n) is 4.75. The summed E-state index contributed by atoms with van der Waals surface area (Å²) in [6.45, 7) is 1.01. The number of hydrogen-bond acceptors (Lipinski definition) is 9. The highest BCUT2D eigenvalue weighted by molar-refractivity contribution is 4.88. The Hall–Kier alpha value is -1.01. The first kappa shape index (κ1) is 20.0. The Bertz CT molecular complexity index is 366. The molecule has 1 aliphatic rings. The van der Waals surface area contributed by atoms with Crippen LogP contribution in [0.1, 0.15) is 0 Å². The number of rotatable bonds is 11. The number of ether oxygens (including phenoxy) is 4. The Morgan fingerprint density at radius 2 is 1.61 bits per heavy atom. The van der Waals surface area contributed by atoms with Gasteiger partial charge in [0.15, 0.2) is 6.29 Å². The molecule has 134 valence electrons. The van der Waals surface area contributed by atoms with Crippen LogP contribution in [0.15, 0.2) is 5.11 Å². The molecule has 0 saturated carbocycles. The van der Waals surface area contributed by atoms with Crippen LogP contribution in [0.25, 0.3) is 10.4 Å². The molecule has 1 rings (SSSR count). The predicted octanol–water partition coefficient (Wildman–Crippen LogP) is -1.85. The molecule has 0 aromatic carbocycles. The van der Waals surface area contributed by atoms with Crippen LogP contribution in [0, 0.1) is 0 Å². The van der Waals surface area contributed by atoms with Crippen LogP contribution in [-0.4, -0.2) is 97.3 Å². The maximum absolute atomic E-state index is 9.73. The molecule has 4 N–H and O–H groups in total. The maximum atomic E-state index is 9.73. The summed E-state index contributed by atoms with van der Waals surface area (Å²) >= 11 is 0. The maximum Gasteiger partial charge on any atom is 0.186 e. The molecule has 23 heavy (non-hydrogen) atoms. The van der Waals surface area contributed by atoms with Crippen LogP contribution in [0.2, 0.25) is 0 Å². The third-order valence-corrected chi connectivity index (χ3v) is 3.13. The van der Waals surface area contributed by atoms with Gasteiger partial charge < -0.3 is 39.4 Å². The van der Waals surface area contributed by atoms with Gasteiger partial charge in [-0.05, 0) is 5.53 Å². The van der Waals surface area contributed by atoms with Gasteiger partial charge in [0.25, 0.3) is 0 Å². The molecule has 0 aromatic rings. The van der Waals surface area contributed by atoms with E-state index >= 15 is 0 Å². The molecule has 0 radical (unpaired) electrons. The molecule has 1 heterocycles. The van der Waals surface area contributed by atoms with Crippen molar-refractivity contribution in [2.45, 2.75) is 30.7 Å². The quantitative estimate of drug-likeness (QED) is 0.147. The van der Waals surface area contributed by atoms with Crippen molar-refractivity contribution >= 4 is 0 Å². The van der Waals surface area contributed by atoms with Crippen LogP contribution >= 0.6 is 0 Å². The summed E-state index contributed by atoms with van der Waals surface area (Å²) in [5.74, 6) is 0. The van der Waals surface area contributed by atoms with Crippen molar-refractivity contribution in [2.24, 2.45) is 5.11 Å². The van der Waals surface area contributed by atoms with Gasteiger partial charge in [0, 0.05) is 11.5 Å². The van der Waals surface area contributed by atoms with E-state index in [1.807, 2.05) is 0 Å². The number of azide groups is 1. The molecule has 11 nitrogen and oxygen atoms in total. The van der Waals surface area contributed by atoms with Gasteiger partial charge in [-0.25, -0.2) is 0 Å². The van der Waals surface area contributed by atoms with Crippen LogP contribution in [0.3, 0.4) is 0 Å². The van der Waals surface area contributed by atoms with Gasteiger partial charge in [-0.3, -0.25) is 0 Å². The summed E-state index contributed by atoms with van der Waals surface area (Å²) in [5.41, 5.74) is 8.05. The molecule has 0 aromatic heterocycles. The van der Waals surface area contributed by atoms with E-state index in [9.17, 15) is 15.3 Å². The molecule has 2 unspecified atom stereocenters. The monoisotopic (exact) mass is 337 g/mol. The minimum atomic E-state index is -1.46. The van der Waals surface area contributed by atoms with Crippen LogP contribution < -0.4 is 0 Å². The van der Waals surface area contributed by atoms with Gasteiger partial charge in [0.2, 0.25) is 0 Å². The molecule has 1 saturated heterocycles. The average molecular weight is 337 g/mol. The van der Waals surface area contributed by atoms with Crippen LogP contribution in [0.5, 0.6) is 0 Å². The molecule has 0 spiro atoms. The van der Waals surface area contributed by atoms with Gasteiger partial charge in [0.05, 0.1) is 39.6 Å². The van der Waals surface area contributed by atoms with E-state index in [4.69, 9.17) is 29.6 Å². The third-order valence-electron chi connectivity index (χ3n) is 3.13. The lowest BCUT2D eigenvalue weighted by Crippen LogP contribution is -2.59. The highest BCUT2D eigenvalue weighted by Crippen LogP contribution is 2.21. The lowest BCUT2D eigenvalue weighted by atomic mass is 9.99. The van der Waals surface area contributed by atoms with Crippen LogP contribution in [-0.2, 0) is 18.9 Å². The molecule has 0 amide bonds. The zero-order valence-electron chi connectivity index (χ0n) is 12.6. The summed E-state index contributed by atoms with van der Waals surface area (Å²) in [4.78, 5) is 2.58. The molecular formula is C12H23N3O8. The normalized spacial score (nSPS) is 30.9. The van der Waals surface area contributed by atoms with Crippen molar-refractivity contribution in [2.75, 3.05) is 46.2 Å². The van der Waals surface area contributed by atoms with Crippen molar-refractivity contribution < 1.29 is 39.4 Å². The fourth-order valence-corrected chi connectivity index (χ4v) is 1.90. The first-order valence-corrected chi connectivity index (χ1v) is 7.20. The number of aliphatic hydroxyl groups excluding tert-OH is 4. The summed E-state index contributed by atoms with van der Waals surface area (Å²) < 4.78 is 20.7. The topological polar surface area (TPSA) is 167 Å². The van der Waals surface area contributed by atoms with Crippen molar-refractivity contribution in [3.8, 4) is 0 Å². The average Bonchev–Trinajstić information content (AvgIpc) is 2.56. The summed E-state index contributed by atoms with van der Waals surface area (Å²) in [6.07, 6.45) is -6.44. The zero-order valence-corrected chi connectivity index (χ0v) is 12.6. The zero-order chi connectivity index (χ0) is 17.1. The molecule has 11 heteroatoms. The third kappa shape index (κ3) is 6.96. The first-order valence-electron chi connectivity index (χ1n) is 7.20. The summed E-state index contributed by atoms with van der Waals surface area (Å²) in [6, 6.07) is 0. The predicted molar refractivity (Wildman–Crippen MR) is 75.4 cm³/mol. The van der Waals surface area contributed by atoms with Crippen LogP contribution in [0.4, 0.5) is 0 Å². The van der Waals surface area contributed by atoms with Crippen molar-refractivity contribution in [3.05, 3.63) is 10.4 Å². The second kappa shape index (κ2) is 11.5. The van der Waals surface area contributed by atoms with Crippen molar-refractivity contribution in [1.29, 1.82) is 0 Å². The van der Waals surface area contributed by atoms with Crippen molar-refractivity contribution in [3.63, 3.8) is 0 Å². The molecule has 5 atom stereocenters. The fourth-order valence-electron chi connectivity index (χ4n) is 1.90. The standard InChI is InChI=1S/C12H23N3O8/c13-15-14-1-2-20-3-4-21-5-6-22-12-11(19)10(18)9(17)8(7-16)23-12/h8-12,16-19H,1-7H2/t8?,9-,10+,11?,12+/m1/s1. The molecule has 0 bridgehead atoms. The van der Waals surface area contributed by atoms with E-state index in [0.717, 1.165) is 0 Å². The van der Waals surface area contributed by atoms with E-state index in [0.29, 0.717) is 19.8 Å². The number of nitrogens with zero attached hydrogens (tertiary/aromatic N) is 3. The lowest BCUT2D eigenvalue weighted by Gasteiger charge is -2.39. The minimum Gasteiger partial charge on any atom is -0.394 e. The number of hydrogen-bond donors (Lipinski definition) is 4. The Morgan fingerprint density at radius 3 is 2.26 bits per heavy atom. The van der Waals surface area contributed by atoms with Crippen molar-refractivity contribution in [1.82, 2.24) is 0 Å². The van der Waals surface area contributed by atoms with Gasteiger partial charge in [0.1, 0.15) is 24.4 Å². The highest BCUT2D eigenvalue weighted by atomic mass is 16.7. The Balaban J connectivity index is 2.09. The Labute approximate surface area is 133 Å². The minimum absolute atomic E-state index is 0.0847. The van der Waals surface area contributed by atoms with E-state index in [1.165, 1.54) is 0 Å². The van der Waals surface area contributed by atoms with Gasteiger partial charge in [-0.1, -0.05) is 5.11 Å². The molecule has 1 fully saturated rings. The molecule has 1 aliphatic heterocycles. The van der Waals surface area contributed by atoms with E-state index in [1.54, 1.807) is 0 Å². The molecule has 0 aliphatic carbocycles. The van der Waals surface area contributed by atoms with E-state index < -0.39 is 37.3 Å². The Kier molecular flexibility index (Phi) is 10.0. The largest absolute Gasteiger partial charge is 0.394 e. The number of aliphatic hydroxyl groups is 4. The lowest BCUT2D eigenvalue weighted by molar-refractivity contribution is -0.302. The smallest absolute Gasteiger partial charge is 0.186 e. The first-order chi connectivity index (χ1) is 11.1. The second-order valence-corrected chi connectivity index (χ2v) is 4.75. The van der Waals surface area contributed by atoms with Gasteiger partial charge >= 0.3 is 0 Å². The van der Waals surface area contributed by atoms with Gasteiger partial charge in [-0.2, -0.15) is 0 Å². The molecular weight excluding hydrogens is 314 g/mol. The van der Waals surface area contributed by atoms with E-state index in [-0.39, 0.29) is 19.8 Å². The fraction of sp³-hybridized carbons (Fsp3) is 1.00. The summed E-state index contributed by atoms with van der Waals surface area (Å²) in [7, 11) is 0. The van der Waals surface area contributed by atoms with Gasteiger partial charge in [-0.15, -0.1) is 0 Å². The highest BCUT2D eigenvalue weighted by Gasteiger charge is 2.43. The Morgan fingerprint density at radius 1 is 0.957 bits per heavy atom. The SMILES string of the molecule is [N-]=[N+]=NCCOCCOCCO[C@H]1OC(CO)[C@@H](O)[C@H](O)C1O.